The van der Waals surface area contributed by atoms with Crippen molar-refractivity contribution in [2.45, 2.75) is 64.6 Å². The van der Waals surface area contributed by atoms with Gasteiger partial charge in [-0.2, -0.15) is 20.2 Å². The molecule has 4 aromatic heterocycles. The van der Waals surface area contributed by atoms with Gasteiger partial charge in [-0.05, 0) is 44.7 Å². The van der Waals surface area contributed by atoms with E-state index in [1.807, 2.05) is 37.1 Å². The number of anilines is 3. The highest BCUT2D eigenvalue weighted by Crippen LogP contribution is 2.31. The molecule has 188 valence electrons. The van der Waals surface area contributed by atoms with E-state index in [4.69, 9.17) is 9.97 Å². The zero-order valence-electron chi connectivity index (χ0n) is 21.1. The molecule has 0 saturated carbocycles. The van der Waals surface area contributed by atoms with Gasteiger partial charge in [0.25, 0.3) is 5.91 Å². The predicted molar refractivity (Wildman–Crippen MR) is 138 cm³/mol. The number of rotatable bonds is 7. The summed E-state index contributed by atoms with van der Waals surface area (Å²) in [6.45, 7) is 6.21. The SMILES string of the molecule is CC[C@@H]1C[C@@H](Nc2nc(Nc3cc(C)[nH]n3)c3cnn(C)c3n2)C[C@H](CC)N1C(=O)c1ccccn1. The van der Waals surface area contributed by atoms with E-state index in [0.717, 1.165) is 42.4 Å². The Morgan fingerprint density at radius 2 is 1.94 bits per heavy atom. The van der Waals surface area contributed by atoms with Crippen LogP contribution in [0.15, 0.2) is 36.7 Å². The van der Waals surface area contributed by atoms with Crippen molar-refractivity contribution in [2.75, 3.05) is 10.6 Å². The summed E-state index contributed by atoms with van der Waals surface area (Å²) in [6.07, 6.45) is 6.76. The first-order chi connectivity index (χ1) is 17.5. The van der Waals surface area contributed by atoms with Crippen molar-refractivity contribution in [1.82, 2.24) is 39.8 Å². The van der Waals surface area contributed by atoms with Crippen LogP contribution in [-0.2, 0) is 7.05 Å². The van der Waals surface area contributed by atoms with E-state index in [0.29, 0.717) is 23.3 Å². The molecule has 5 rings (SSSR count). The number of hydrogen-bond donors (Lipinski definition) is 3. The number of hydrogen-bond acceptors (Lipinski definition) is 8. The second-order valence-corrected chi connectivity index (χ2v) is 9.33. The van der Waals surface area contributed by atoms with E-state index in [9.17, 15) is 4.79 Å². The van der Waals surface area contributed by atoms with Gasteiger partial charge in [-0.25, -0.2) is 0 Å². The van der Waals surface area contributed by atoms with Crippen molar-refractivity contribution < 1.29 is 4.79 Å². The topological polar surface area (TPSA) is 130 Å². The summed E-state index contributed by atoms with van der Waals surface area (Å²) in [5, 5.41) is 19.3. The number of piperidine rings is 1. The molecule has 1 saturated heterocycles. The van der Waals surface area contributed by atoms with Gasteiger partial charge in [-0.1, -0.05) is 19.9 Å². The molecule has 0 radical (unpaired) electrons. The van der Waals surface area contributed by atoms with Crippen LogP contribution >= 0.6 is 0 Å². The lowest BCUT2D eigenvalue weighted by molar-refractivity contribution is 0.0406. The summed E-state index contributed by atoms with van der Waals surface area (Å²) < 4.78 is 1.74. The average Bonchev–Trinajstić information content (AvgIpc) is 3.48. The van der Waals surface area contributed by atoms with Gasteiger partial charge in [-0.15, -0.1) is 0 Å². The van der Waals surface area contributed by atoms with Gasteiger partial charge in [-0.3, -0.25) is 19.6 Å². The number of carbonyl (C=O) groups is 1. The molecule has 3 atom stereocenters. The smallest absolute Gasteiger partial charge is 0.272 e. The van der Waals surface area contributed by atoms with Crippen molar-refractivity contribution in [3.05, 3.63) is 48.0 Å². The van der Waals surface area contributed by atoms with Crippen molar-refractivity contribution in [1.29, 1.82) is 0 Å². The molecule has 11 heteroatoms. The highest BCUT2D eigenvalue weighted by Gasteiger charge is 2.38. The maximum absolute atomic E-state index is 13.4. The number of aromatic nitrogens is 7. The molecule has 0 bridgehead atoms. The van der Waals surface area contributed by atoms with Crippen LogP contribution in [0.1, 0.15) is 55.7 Å². The van der Waals surface area contributed by atoms with Crippen LogP contribution in [0.2, 0.25) is 0 Å². The Balaban J connectivity index is 1.40. The van der Waals surface area contributed by atoms with Gasteiger partial charge in [0.15, 0.2) is 11.5 Å². The third kappa shape index (κ3) is 4.60. The number of nitrogens with one attached hydrogen (secondary N) is 3. The number of amides is 1. The van der Waals surface area contributed by atoms with Crippen molar-refractivity contribution in [3.8, 4) is 0 Å². The zero-order valence-corrected chi connectivity index (χ0v) is 21.1. The summed E-state index contributed by atoms with van der Waals surface area (Å²) >= 11 is 0. The number of H-pyrrole nitrogens is 1. The number of carbonyl (C=O) groups excluding carboxylic acids is 1. The van der Waals surface area contributed by atoms with E-state index >= 15 is 0 Å². The summed E-state index contributed by atoms with van der Waals surface area (Å²) in [6, 6.07) is 7.72. The number of aryl methyl sites for hydroxylation is 2. The summed E-state index contributed by atoms with van der Waals surface area (Å²) in [5.41, 5.74) is 2.18. The first-order valence-electron chi connectivity index (χ1n) is 12.5. The van der Waals surface area contributed by atoms with E-state index in [-0.39, 0.29) is 24.0 Å². The Labute approximate surface area is 209 Å². The van der Waals surface area contributed by atoms with Crippen LogP contribution in [0.5, 0.6) is 0 Å². The van der Waals surface area contributed by atoms with E-state index in [2.05, 4.69) is 44.8 Å². The first-order valence-corrected chi connectivity index (χ1v) is 12.5. The maximum atomic E-state index is 13.4. The van der Waals surface area contributed by atoms with Crippen molar-refractivity contribution in [2.24, 2.45) is 7.05 Å². The largest absolute Gasteiger partial charge is 0.351 e. The fourth-order valence-corrected chi connectivity index (χ4v) is 5.04. The normalized spacial score (nSPS) is 20.0. The minimum atomic E-state index is 0.00101. The Morgan fingerprint density at radius 3 is 2.58 bits per heavy atom. The van der Waals surface area contributed by atoms with E-state index in [1.54, 1.807) is 23.1 Å². The van der Waals surface area contributed by atoms with Crippen LogP contribution in [0.4, 0.5) is 17.6 Å². The first kappa shape index (κ1) is 23.7. The van der Waals surface area contributed by atoms with Gasteiger partial charge in [0.1, 0.15) is 11.5 Å². The number of aromatic amines is 1. The van der Waals surface area contributed by atoms with Gasteiger partial charge in [0.2, 0.25) is 5.95 Å². The lowest BCUT2D eigenvalue weighted by Gasteiger charge is -2.45. The number of likely N-dealkylation sites (tertiary alicyclic amines) is 1. The summed E-state index contributed by atoms with van der Waals surface area (Å²) in [5.74, 6) is 1.85. The molecular formula is C25H32N10O. The summed E-state index contributed by atoms with van der Waals surface area (Å²) in [7, 11) is 1.86. The molecule has 0 unspecified atom stereocenters. The predicted octanol–water partition coefficient (Wildman–Crippen LogP) is 3.81. The number of pyridine rings is 1. The lowest BCUT2D eigenvalue weighted by atomic mass is 9.88. The average molecular weight is 489 g/mol. The van der Waals surface area contributed by atoms with Crippen LogP contribution in [0.25, 0.3) is 11.0 Å². The number of fused-ring (bicyclic) bond motifs is 1. The second-order valence-electron chi connectivity index (χ2n) is 9.33. The van der Waals surface area contributed by atoms with Gasteiger partial charge < -0.3 is 15.5 Å². The minimum Gasteiger partial charge on any atom is -0.351 e. The Morgan fingerprint density at radius 1 is 1.17 bits per heavy atom. The van der Waals surface area contributed by atoms with E-state index < -0.39 is 0 Å². The highest BCUT2D eigenvalue weighted by molar-refractivity contribution is 5.93. The number of nitrogens with zero attached hydrogens (tertiary/aromatic N) is 7. The van der Waals surface area contributed by atoms with Crippen molar-refractivity contribution >= 4 is 34.5 Å². The quantitative estimate of drug-likeness (QED) is 0.358. The Bertz CT molecular complexity index is 1330. The highest BCUT2D eigenvalue weighted by atomic mass is 16.2. The van der Waals surface area contributed by atoms with Gasteiger partial charge >= 0.3 is 0 Å². The Kier molecular flexibility index (Phi) is 6.53. The third-order valence-corrected chi connectivity index (χ3v) is 6.84. The van der Waals surface area contributed by atoms with Crippen LogP contribution in [0, 0.1) is 6.92 Å². The fourth-order valence-electron chi connectivity index (χ4n) is 5.04. The molecule has 3 N–H and O–H groups in total. The van der Waals surface area contributed by atoms with E-state index in [1.165, 1.54) is 0 Å². The second kappa shape index (κ2) is 9.92. The maximum Gasteiger partial charge on any atom is 0.272 e. The van der Waals surface area contributed by atoms with Crippen molar-refractivity contribution in [3.63, 3.8) is 0 Å². The molecule has 5 heterocycles. The molecule has 4 aromatic rings. The molecule has 1 aliphatic rings. The molecular weight excluding hydrogens is 456 g/mol. The monoisotopic (exact) mass is 488 g/mol. The van der Waals surface area contributed by atoms with Crippen LogP contribution in [-0.4, -0.2) is 63.9 Å². The standard InChI is InChI=1S/C25H32N10O/c1-5-17-12-16(13-18(6-2)35(17)24(36)20-9-7-8-10-26-20)28-25-30-22(29-21-11-15(3)32-33-21)19-14-27-34(4)23(19)31-25/h7-11,14,16-18H,5-6,12-13H2,1-4H3,(H3,28,29,30,31,32,33)/t16-,17-,18+. The van der Waals surface area contributed by atoms with Crippen LogP contribution in [0.3, 0.4) is 0 Å². The van der Waals surface area contributed by atoms with Gasteiger partial charge in [0, 0.05) is 43.1 Å². The minimum absolute atomic E-state index is 0.00101. The molecule has 11 nitrogen and oxygen atoms in total. The molecule has 1 aliphatic heterocycles. The van der Waals surface area contributed by atoms with Gasteiger partial charge in [0.05, 0.1) is 11.6 Å². The lowest BCUT2D eigenvalue weighted by Crippen LogP contribution is -2.54. The molecule has 0 aromatic carbocycles. The van der Waals surface area contributed by atoms with Crippen LogP contribution < -0.4 is 10.6 Å². The summed E-state index contributed by atoms with van der Waals surface area (Å²) in [4.78, 5) is 29.3. The molecule has 1 fully saturated rings. The third-order valence-electron chi connectivity index (χ3n) is 6.84. The molecule has 0 aliphatic carbocycles. The zero-order chi connectivity index (χ0) is 25.2. The fraction of sp³-hybridized carbons (Fsp3) is 0.440. The molecule has 36 heavy (non-hydrogen) atoms. The molecule has 1 amide bonds. The molecule has 0 spiro atoms. The Hall–Kier alpha value is -4.02.